The molecule has 0 aromatic heterocycles. The van der Waals surface area contributed by atoms with E-state index in [1.165, 1.54) is 0 Å². The van der Waals surface area contributed by atoms with Crippen molar-refractivity contribution >= 4 is 23.2 Å². The Morgan fingerprint density at radius 1 is 1.03 bits per heavy atom. The first kappa shape index (κ1) is 20.9. The molecule has 1 aliphatic heterocycles. The van der Waals surface area contributed by atoms with Crippen molar-refractivity contribution in [1.82, 2.24) is 0 Å². The second-order valence-electron chi connectivity index (χ2n) is 8.14. The van der Waals surface area contributed by atoms with Crippen molar-refractivity contribution in [3.8, 4) is 5.75 Å². The molecular formula is C24H30N2O3. The van der Waals surface area contributed by atoms with Crippen LogP contribution in [0, 0.1) is 0 Å². The number of rotatable bonds is 6. The molecule has 1 heterocycles. The number of amides is 2. The zero-order chi connectivity index (χ0) is 21.1. The molecule has 0 radical (unpaired) electrons. The Labute approximate surface area is 173 Å². The summed E-state index contributed by atoms with van der Waals surface area (Å²) in [6, 6.07) is 13.6. The summed E-state index contributed by atoms with van der Waals surface area (Å²) in [7, 11) is 0. The van der Waals surface area contributed by atoms with E-state index < -0.39 is 6.10 Å². The Kier molecular flexibility index (Phi) is 6.26. The van der Waals surface area contributed by atoms with Crippen LogP contribution in [0.4, 0.5) is 11.4 Å². The first-order valence-electron chi connectivity index (χ1n) is 10.3. The van der Waals surface area contributed by atoms with Gasteiger partial charge in [0.15, 0.2) is 6.10 Å². The fourth-order valence-electron chi connectivity index (χ4n) is 3.70. The predicted octanol–water partition coefficient (Wildman–Crippen LogP) is 5.08. The van der Waals surface area contributed by atoms with Gasteiger partial charge in [-0.3, -0.25) is 9.59 Å². The lowest BCUT2D eigenvalue weighted by Gasteiger charge is -2.32. The smallest absolute Gasteiger partial charge is 0.267 e. The molecule has 1 aliphatic rings. The van der Waals surface area contributed by atoms with Gasteiger partial charge in [0.05, 0.1) is 5.69 Å². The molecule has 0 fully saturated rings. The normalized spacial score (nSPS) is 16.0. The lowest BCUT2D eigenvalue weighted by molar-refractivity contribution is -0.125. The Morgan fingerprint density at radius 2 is 1.66 bits per heavy atom. The highest BCUT2D eigenvalue weighted by atomic mass is 16.5. The number of benzene rings is 2. The van der Waals surface area contributed by atoms with E-state index in [-0.39, 0.29) is 18.2 Å². The fraction of sp³-hybridized carbons (Fsp3) is 0.417. The van der Waals surface area contributed by atoms with Crippen LogP contribution in [0.15, 0.2) is 42.5 Å². The number of nitrogens with one attached hydrogen (secondary N) is 1. The van der Waals surface area contributed by atoms with E-state index in [1.54, 1.807) is 11.8 Å². The third kappa shape index (κ3) is 4.44. The summed E-state index contributed by atoms with van der Waals surface area (Å²) in [6.07, 6.45) is -0.335. The van der Waals surface area contributed by atoms with Gasteiger partial charge in [-0.2, -0.15) is 0 Å². The molecule has 154 valence electrons. The van der Waals surface area contributed by atoms with E-state index in [2.05, 4.69) is 45.1 Å². The quantitative estimate of drug-likeness (QED) is 0.744. The Bertz CT molecular complexity index is 878. The van der Waals surface area contributed by atoms with Crippen LogP contribution in [0.5, 0.6) is 5.75 Å². The third-order valence-corrected chi connectivity index (χ3v) is 5.27. The average molecular weight is 395 g/mol. The maximum Gasteiger partial charge on any atom is 0.267 e. The minimum atomic E-state index is -0.554. The highest BCUT2D eigenvalue weighted by molar-refractivity contribution is 6.01. The molecule has 1 atom stereocenters. The number of fused-ring (bicyclic) bond motifs is 1. The van der Waals surface area contributed by atoms with Crippen molar-refractivity contribution in [2.75, 3.05) is 16.8 Å². The largest absolute Gasteiger partial charge is 0.479 e. The van der Waals surface area contributed by atoms with Crippen LogP contribution in [-0.4, -0.2) is 24.5 Å². The van der Waals surface area contributed by atoms with Crippen molar-refractivity contribution in [2.24, 2.45) is 0 Å². The van der Waals surface area contributed by atoms with Gasteiger partial charge in [-0.1, -0.05) is 58.0 Å². The van der Waals surface area contributed by atoms with Crippen molar-refractivity contribution < 1.29 is 14.3 Å². The highest BCUT2D eigenvalue weighted by Crippen LogP contribution is 2.34. The van der Waals surface area contributed by atoms with Gasteiger partial charge in [0.1, 0.15) is 5.75 Å². The number of ether oxygens (including phenoxy) is 1. The molecule has 2 aromatic rings. The van der Waals surface area contributed by atoms with E-state index >= 15 is 0 Å². The molecule has 0 saturated heterocycles. The van der Waals surface area contributed by atoms with Crippen LogP contribution in [0.2, 0.25) is 0 Å². The van der Waals surface area contributed by atoms with Gasteiger partial charge < -0.3 is 15.0 Å². The van der Waals surface area contributed by atoms with Crippen molar-refractivity contribution in [3.63, 3.8) is 0 Å². The van der Waals surface area contributed by atoms with Gasteiger partial charge in [0.2, 0.25) is 5.91 Å². The Morgan fingerprint density at radius 3 is 2.28 bits per heavy atom. The van der Waals surface area contributed by atoms with Crippen molar-refractivity contribution in [1.29, 1.82) is 0 Å². The van der Waals surface area contributed by atoms with E-state index in [9.17, 15) is 9.59 Å². The van der Waals surface area contributed by atoms with Crippen LogP contribution in [-0.2, 0) is 9.59 Å². The lowest BCUT2D eigenvalue weighted by atomic mass is 9.92. The number of nitrogens with zero attached hydrogens (tertiary/aromatic N) is 1. The van der Waals surface area contributed by atoms with Gasteiger partial charge in [-0.25, -0.2) is 0 Å². The van der Waals surface area contributed by atoms with Gasteiger partial charge in [-0.05, 0) is 42.0 Å². The molecule has 0 bridgehead atoms. The number of anilines is 2. The SMILES string of the molecule is CC(C)c1cccc(C(C)C)c1NC(=O)CCN1C(=O)[C@H](C)Oc2ccccc21. The first-order valence-corrected chi connectivity index (χ1v) is 10.3. The predicted molar refractivity (Wildman–Crippen MR) is 117 cm³/mol. The summed E-state index contributed by atoms with van der Waals surface area (Å²) in [4.78, 5) is 27.1. The molecular weight excluding hydrogens is 364 g/mol. The van der Waals surface area contributed by atoms with E-state index in [0.717, 1.165) is 16.8 Å². The van der Waals surface area contributed by atoms with Crippen LogP contribution < -0.4 is 15.0 Å². The van der Waals surface area contributed by atoms with E-state index in [4.69, 9.17) is 4.74 Å². The summed E-state index contributed by atoms with van der Waals surface area (Å²) < 4.78 is 5.67. The molecule has 5 nitrogen and oxygen atoms in total. The van der Waals surface area contributed by atoms with Crippen LogP contribution >= 0.6 is 0 Å². The fourth-order valence-corrected chi connectivity index (χ4v) is 3.70. The highest BCUT2D eigenvalue weighted by Gasteiger charge is 2.31. The molecule has 2 amide bonds. The number of hydrogen-bond donors (Lipinski definition) is 1. The zero-order valence-electron chi connectivity index (χ0n) is 17.9. The molecule has 1 N–H and O–H groups in total. The molecule has 0 aliphatic carbocycles. The zero-order valence-corrected chi connectivity index (χ0v) is 17.9. The molecule has 0 unspecified atom stereocenters. The molecule has 29 heavy (non-hydrogen) atoms. The first-order chi connectivity index (χ1) is 13.8. The number of carbonyl (C=O) groups excluding carboxylic acids is 2. The number of carbonyl (C=O) groups is 2. The second kappa shape index (κ2) is 8.68. The lowest BCUT2D eigenvalue weighted by Crippen LogP contribution is -2.45. The summed E-state index contributed by atoms with van der Waals surface area (Å²) in [6.45, 7) is 10.6. The van der Waals surface area contributed by atoms with Gasteiger partial charge in [0.25, 0.3) is 5.91 Å². The van der Waals surface area contributed by atoms with Crippen molar-refractivity contribution in [2.45, 2.75) is 59.0 Å². The van der Waals surface area contributed by atoms with Gasteiger partial charge in [0, 0.05) is 18.7 Å². The minimum Gasteiger partial charge on any atom is -0.479 e. The Hall–Kier alpha value is -2.82. The Balaban J connectivity index is 1.77. The van der Waals surface area contributed by atoms with Gasteiger partial charge >= 0.3 is 0 Å². The standard InChI is InChI=1S/C24H30N2O3/c1-15(2)18-9-8-10-19(16(3)4)23(18)25-22(27)13-14-26-20-11-6-7-12-21(20)29-17(5)24(26)28/h6-12,15-17H,13-14H2,1-5H3,(H,25,27)/t17-/m0/s1. The van der Waals surface area contributed by atoms with Gasteiger partial charge in [-0.15, -0.1) is 0 Å². The molecule has 0 saturated carbocycles. The summed E-state index contributed by atoms with van der Waals surface area (Å²) in [5, 5.41) is 3.12. The molecule has 0 spiro atoms. The van der Waals surface area contributed by atoms with Crippen LogP contribution in [0.25, 0.3) is 0 Å². The summed E-state index contributed by atoms with van der Waals surface area (Å²) in [5.74, 6) is 1.06. The maximum absolute atomic E-state index is 12.8. The number of para-hydroxylation sites is 3. The second-order valence-corrected chi connectivity index (χ2v) is 8.14. The summed E-state index contributed by atoms with van der Waals surface area (Å²) in [5.41, 5.74) is 3.88. The molecule has 3 rings (SSSR count). The molecule has 5 heteroatoms. The van der Waals surface area contributed by atoms with E-state index in [1.807, 2.05) is 30.3 Å². The third-order valence-electron chi connectivity index (χ3n) is 5.27. The number of hydrogen-bond acceptors (Lipinski definition) is 3. The molecule has 2 aromatic carbocycles. The van der Waals surface area contributed by atoms with Crippen LogP contribution in [0.3, 0.4) is 0 Å². The minimum absolute atomic E-state index is 0.0931. The van der Waals surface area contributed by atoms with Crippen LogP contribution in [0.1, 0.15) is 64.0 Å². The van der Waals surface area contributed by atoms with E-state index in [0.29, 0.717) is 29.8 Å². The topological polar surface area (TPSA) is 58.6 Å². The average Bonchev–Trinajstić information content (AvgIpc) is 2.68. The summed E-state index contributed by atoms with van der Waals surface area (Å²) >= 11 is 0. The van der Waals surface area contributed by atoms with Crippen molar-refractivity contribution in [3.05, 3.63) is 53.6 Å². The monoisotopic (exact) mass is 394 g/mol. The maximum atomic E-state index is 12.8.